The summed E-state index contributed by atoms with van der Waals surface area (Å²) in [5.41, 5.74) is 2.43. The summed E-state index contributed by atoms with van der Waals surface area (Å²) >= 11 is 1.68. The average molecular weight is 218 g/mol. The molecule has 1 heterocycles. The van der Waals surface area contributed by atoms with Gasteiger partial charge in [0.05, 0.1) is 0 Å². The standard InChI is InChI=1S/C12H14N2S/c1-8(2)11-13-14-12(15-11)10-6-4-9(3)5-7-10/h4-8H,1-3H3. The van der Waals surface area contributed by atoms with Crippen LogP contribution in [0.15, 0.2) is 24.3 Å². The minimum absolute atomic E-state index is 0.460. The summed E-state index contributed by atoms with van der Waals surface area (Å²) in [6, 6.07) is 8.40. The lowest BCUT2D eigenvalue weighted by Gasteiger charge is -1.96. The van der Waals surface area contributed by atoms with E-state index in [1.54, 1.807) is 11.3 Å². The zero-order valence-electron chi connectivity index (χ0n) is 9.19. The first-order valence-electron chi connectivity index (χ1n) is 5.07. The predicted molar refractivity (Wildman–Crippen MR) is 64.2 cm³/mol. The van der Waals surface area contributed by atoms with Gasteiger partial charge in [-0.1, -0.05) is 55.0 Å². The van der Waals surface area contributed by atoms with E-state index in [1.165, 1.54) is 5.56 Å². The van der Waals surface area contributed by atoms with Gasteiger partial charge in [0, 0.05) is 11.5 Å². The molecule has 2 nitrogen and oxygen atoms in total. The van der Waals surface area contributed by atoms with Crippen LogP contribution in [0.25, 0.3) is 10.6 Å². The largest absolute Gasteiger partial charge is 0.147 e. The van der Waals surface area contributed by atoms with Gasteiger partial charge in [-0.15, -0.1) is 10.2 Å². The van der Waals surface area contributed by atoms with Crippen LogP contribution in [0.2, 0.25) is 0 Å². The zero-order chi connectivity index (χ0) is 10.8. The lowest BCUT2D eigenvalue weighted by Crippen LogP contribution is -1.83. The Balaban J connectivity index is 2.33. The van der Waals surface area contributed by atoms with E-state index in [0.29, 0.717) is 5.92 Å². The molecular weight excluding hydrogens is 204 g/mol. The lowest BCUT2D eigenvalue weighted by atomic mass is 10.2. The van der Waals surface area contributed by atoms with Crippen molar-refractivity contribution >= 4 is 11.3 Å². The Morgan fingerprint density at radius 3 is 2.27 bits per heavy atom. The summed E-state index contributed by atoms with van der Waals surface area (Å²) in [6.07, 6.45) is 0. The molecule has 2 rings (SSSR count). The summed E-state index contributed by atoms with van der Waals surface area (Å²) < 4.78 is 0. The van der Waals surface area contributed by atoms with Gasteiger partial charge in [0.1, 0.15) is 10.0 Å². The molecule has 0 N–H and O–H groups in total. The fourth-order valence-electron chi connectivity index (χ4n) is 1.28. The Labute approximate surface area is 94.0 Å². The molecule has 3 heteroatoms. The Hall–Kier alpha value is -1.22. The Morgan fingerprint density at radius 1 is 1.07 bits per heavy atom. The van der Waals surface area contributed by atoms with Gasteiger partial charge in [-0.2, -0.15) is 0 Å². The van der Waals surface area contributed by atoms with Gasteiger partial charge in [0.15, 0.2) is 0 Å². The van der Waals surface area contributed by atoms with Gasteiger partial charge in [-0.3, -0.25) is 0 Å². The molecule has 0 spiro atoms. The molecule has 0 radical (unpaired) electrons. The van der Waals surface area contributed by atoms with Crippen molar-refractivity contribution < 1.29 is 0 Å². The third-order valence-corrected chi connectivity index (χ3v) is 3.51. The molecule has 0 atom stereocenters. The number of aromatic nitrogens is 2. The van der Waals surface area contributed by atoms with E-state index < -0.39 is 0 Å². The minimum atomic E-state index is 0.460. The summed E-state index contributed by atoms with van der Waals surface area (Å²) in [5, 5.41) is 10.5. The van der Waals surface area contributed by atoms with Crippen LogP contribution in [0.3, 0.4) is 0 Å². The Bertz CT molecular complexity index is 443. The molecular formula is C12H14N2S. The summed E-state index contributed by atoms with van der Waals surface area (Å²) in [5.74, 6) is 0.460. The normalized spacial score (nSPS) is 10.9. The molecule has 0 bridgehead atoms. The van der Waals surface area contributed by atoms with E-state index in [-0.39, 0.29) is 0 Å². The number of rotatable bonds is 2. The van der Waals surface area contributed by atoms with Gasteiger partial charge in [-0.25, -0.2) is 0 Å². The third-order valence-electron chi connectivity index (χ3n) is 2.23. The molecule has 15 heavy (non-hydrogen) atoms. The van der Waals surface area contributed by atoms with Crippen LogP contribution in [-0.4, -0.2) is 10.2 Å². The lowest BCUT2D eigenvalue weighted by molar-refractivity contribution is 0.825. The average Bonchev–Trinajstić information content (AvgIpc) is 2.68. The number of aryl methyl sites for hydroxylation is 1. The van der Waals surface area contributed by atoms with Crippen LogP contribution in [0.4, 0.5) is 0 Å². The molecule has 78 valence electrons. The van der Waals surface area contributed by atoms with Crippen LogP contribution in [0.5, 0.6) is 0 Å². The fourth-order valence-corrected chi connectivity index (χ4v) is 2.13. The van der Waals surface area contributed by atoms with Gasteiger partial charge in [-0.05, 0) is 6.92 Å². The molecule has 0 saturated carbocycles. The van der Waals surface area contributed by atoms with Crippen molar-refractivity contribution in [2.45, 2.75) is 26.7 Å². The van der Waals surface area contributed by atoms with Crippen molar-refractivity contribution in [2.24, 2.45) is 0 Å². The first kappa shape index (κ1) is 10.3. The molecule has 1 aromatic heterocycles. The molecule has 0 amide bonds. The van der Waals surface area contributed by atoms with E-state index in [9.17, 15) is 0 Å². The summed E-state index contributed by atoms with van der Waals surface area (Å²) in [6.45, 7) is 6.36. The Kier molecular flexibility index (Phi) is 2.82. The van der Waals surface area contributed by atoms with Crippen LogP contribution >= 0.6 is 11.3 Å². The first-order valence-corrected chi connectivity index (χ1v) is 5.89. The highest BCUT2D eigenvalue weighted by molar-refractivity contribution is 7.14. The second kappa shape index (κ2) is 4.11. The Morgan fingerprint density at radius 2 is 1.73 bits per heavy atom. The maximum absolute atomic E-state index is 4.21. The van der Waals surface area contributed by atoms with E-state index >= 15 is 0 Å². The van der Waals surface area contributed by atoms with E-state index in [1.807, 2.05) is 0 Å². The maximum atomic E-state index is 4.21. The van der Waals surface area contributed by atoms with Crippen molar-refractivity contribution in [1.29, 1.82) is 0 Å². The highest BCUT2D eigenvalue weighted by Gasteiger charge is 2.08. The van der Waals surface area contributed by atoms with E-state index in [4.69, 9.17) is 0 Å². The van der Waals surface area contributed by atoms with E-state index in [2.05, 4.69) is 55.2 Å². The summed E-state index contributed by atoms with van der Waals surface area (Å²) in [7, 11) is 0. The van der Waals surface area contributed by atoms with Gasteiger partial charge < -0.3 is 0 Å². The monoisotopic (exact) mass is 218 g/mol. The SMILES string of the molecule is Cc1ccc(-c2nnc(C(C)C)s2)cc1. The van der Waals surface area contributed by atoms with Crippen LogP contribution in [-0.2, 0) is 0 Å². The second-order valence-electron chi connectivity index (χ2n) is 3.97. The first-order chi connectivity index (χ1) is 7.16. The third kappa shape index (κ3) is 2.23. The molecule has 0 unspecified atom stereocenters. The smallest absolute Gasteiger partial charge is 0.143 e. The quantitative estimate of drug-likeness (QED) is 0.769. The van der Waals surface area contributed by atoms with Crippen LogP contribution in [0.1, 0.15) is 30.3 Å². The van der Waals surface area contributed by atoms with Crippen LogP contribution in [0, 0.1) is 6.92 Å². The molecule has 1 aromatic carbocycles. The molecule has 0 aliphatic rings. The fraction of sp³-hybridized carbons (Fsp3) is 0.333. The van der Waals surface area contributed by atoms with Crippen molar-refractivity contribution in [1.82, 2.24) is 10.2 Å². The minimum Gasteiger partial charge on any atom is -0.143 e. The van der Waals surface area contributed by atoms with Crippen molar-refractivity contribution in [3.05, 3.63) is 34.8 Å². The highest BCUT2D eigenvalue weighted by Crippen LogP contribution is 2.27. The zero-order valence-corrected chi connectivity index (χ0v) is 10.0. The topological polar surface area (TPSA) is 25.8 Å². The number of hydrogen-bond donors (Lipinski definition) is 0. The molecule has 2 aromatic rings. The van der Waals surface area contributed by atoms with Crippen LogP contribution < -0.4 is 0 Å². The van der Waals surface area contributed by atoms with Gasteiger partial charge in [0.2, 0.25) is 0 Å². The predicted octanol–water partition coefficient (Wildman–Crippen LogP) is 3.64. The molecule has 0 saturated heterocycles. The molecule has 0 fully saturated rings. The van der Waals surface area contributed by atoms with Gasteiger partial charge >= 0.3 is 0 Å². The van der Waals surface area contributed by atoms with Gasteiger partial charge in [0.25, 0.3) is 0 Å². The number of nitrogens with zero attached hydrogens (tertiary/aromatic N) is 2. The second-order valence-corrected chi connectivity index (χ2v) is 4.98. The molecule has 0 aliphatic carbocycles. The maximum Gasteiger partial charge on any atom is 0.147 e. The number of hydrogen-bond acceptors (Lipinski definition) is 3. The summed E-state index contributed by atoms with van der Waals surface area (Å²) in [4.78, 5) is 0. The number of benzene rings is 1. The highest BCUT2D eigenvalue weighted by atomic mass is 32.1. The van der Waals surface area contributed by atoms with Crippen molar-refractivity contribution in [3.63, 3.8) is 0 Å². The van der Waals surface area contributed by atoms with Crippen molar-refractivity contribution in [2.75, 3.05) is 0 Å². The molecule has 0 aliphatic heterocycles. The van der Waals surface area contributed by atoms with E-state index in [0.717, 1.165) is 15.6 Å². The van der Waals surface area contributed by atoms with Crippen molar-refractivity contribution in [3.8, 4) is 10.6 Å².